The van der Waals surface area contributed by atoms with Crippen molar-refractivity contribution in [3.8, 4) is 0 Å². The van der Waals surface area contributed by atoms with Gasteiger partial charge in [-0.25, -0.2) is 4.79 Å². The maximum absolute atomic E-state index is 11.3. The molecule has 0 saturated heterocycles. The Morgan fingerprint density at radius 2 is 1.61 bits per heavy atom. The fourth-order valence-corrected chi connectivity index (χ4v) is 1.19. The molecule has 0 aliphatic carbocycles. The largest absolute Gasteiger partial charge is 0.481 e. The van der Waals surface area contributed by atoms with Gasteiger partial charge in [-0.3, -0.25) is 14.4 Å². The van der Waals surface area contributed by atoms with Crippen LogP contribution in [0.15, 0.2) is 0 Å². The topological polar surface area (TPSA) is 158 Å². The summed E-state index contributed by atoms with van der Waals surface area (Å²) >= 11 is 0. The first-order valence-electron chi connectivity index (χ1n) is 4.85. The quantitative estimate of drug-likeness (QED) is 0.390. The number of nitrogens with zero attached hydrogens (tertiary/aromatic N) is 1. The first-order valence-corrected chi connectivity index (χ1v) is 4.85. The van der Waals surface area contributed by atoms with Gasteiger partial charge in [-0.1, -0.05) is 0 Å². The van der Waals surface area contributed by atoms with Gasteiger partial charge in [-0.15, -0.1) is 0 Å². The van der Waals surface area contributed by atoms with Crippen molar-refractivity contribution in [2.45, 2.75) is 24.9 Å². The smallest absolute Gasteiger partial charge is 0.326 e. The summed E-state index contributed by atoms with van der Waals surface area (Å²) in [7, 11) is 1.08. The molecule has 0 heterocycles. The maximum atomic E-state index is 11.3. The number of hydrogen-bond donors (Lipinski definition) is 4. The highest BCUT2D eigenvalue weighted by molar-refractivity contribution is 5.95. The van der Waals surface area contributed by atoms with E-state index in [2.05, 4.69) is 0 Å². The molecular weight excluding hydrogens is 248 g/mol. The van der Waals surface area contributed by atoms with Crippen molar-refractivity contribution >= 4 is 23.8 Å². The molecule has 0 aromatic rings. The van der Waals surface area contributed by atoms with E-state index in [9.17, 15) is 19.2 Å². The van der Waals surface area contributed by atoms with Crippen LogP contribution < -0.4 is 5.73 Å². The monoisotopic (exact) mass is 262 g/mol. The number of amides is 1. The SMILES string of the molecule is CN(C(=O)CC(=O)O)C(CC(N)C(=O)O)C(=O)O. The van der Waals surface area contributed by atoms with Crippen LogP contribution >= 0.6 is 0 Å². The van der Waals surface area contributed by atoms with E-state index >= 15 is 0 Å². The lowest BCUT2D eigenvalue weighted by molar-refractivity contribution is -0.153. The molecule has 0 spiro atoms. The van der Waals surface area contributed by atoms with Crippen molar-refractivity contribution < 1.29 is 34.5 Å². The summed E-state index contributed by atoms with van der Waals surface area (Å²) in [6, 6.07) is -2.94. The molecule has 9 nitrogen and oxygen atoms in total. The van der Waals surface area contributed by atoms with E-state index in [0.717, 1.165) is 7.05 Å². The zero-order chi connectivity index (χ0) is 14.5. The molecule has 1 amide bonds. The highest BCUT2D eigenvalue weighted by Gasteiger charge is 2.31. The van der Waals surface area contributed by atoms with Crippen LogP contribution in [0.1, 0.15) is 12.8 Å². The Labute approximate surface area is 102 Å². The lowest BCUT2D eigenvalue weighted by Gasteiger charge is -2.25. The lowest BCUT2D eigenvalue weighted by Crippen LogP contribution is -2.47. The van der Waals surface area contributed by atoms with Crippen molar-refractivity contribution in [1.29, 1.82) is 0 Å². The molecule has 9 heteroatoms. The van der Waals surface area contributed by atoms with Crippen molar-refractivity contribution in [3.05, 3.63) is 0 Å². The van der Waals surface area contributed by atoms with Gasteiger partial charge in [0.2, 0.25) is 5.91 Å². The van der Waals surface area contributed by atoms with E-state index in [0.29, 0.717) is 4.90 Å². The minimum Gasteiger partial charge on any atom is -0.481 e. The predicted molar refractivity (Wildman–Crippen MR) is 56.7 cm³/mol. The van der Waals surface area contributed by atoms with E-state index in [1.54, 1.807) is 0 Å². The van der Waals surface area contributed by atoms with Crippen LogP contribution in [0.2, 0.25) is 0 Å². The Morgan fingerprint density at radius 1 is 1.11 bits per heavy atom. The Balaban J connectivity index is 4.79. The van der Waals surface area contributed by atoms with Gasteiger partial charge < -0.3 is 26.0 Å². The fraction of sp³-hybridized carbons (Fsp3) is 0.556. The number of carboxylic acids is 3. The lowest BCUT2D eigenvalue weighted by atomic mass is 10.1. The molecule has 0 aliphatic heterocycles. The summed E-state index contributed by atoms with van der Waals surface area (Å²) in [5, 5.41) is 25.8. The molecule has 0 aromatic carbocycles. The Hall–Kier alpha value is -2.16. The third kappa shape index (κ3) is 4.78. The molecule has 2 atom stereocenters. The van der Waals surface area contributed by atoms with Gasteiger partial charge in [-0.05, 0) is 0 Å². The maximum Gasteiger partial charge on any atom is 0.326 e. The Kier molecular flexibility index (Phi) is 5.76. The second kappa shape index (κ2) is 6.55. The summed E-state index contributed by atoms with van der Waals surface area (Å²) in [6.07, 6.45) is -1.38. The number of nitrogens with two attached hydrogens (primary N) is 1. The number of likely N-dealkylation sites (N-methyl/N-ethyl adjacent to an activating group) is 1. The summed E-state index contributed by atoms with van der Waals surface area (Å²) in [5.74, 6) is -5.20. The van der Waals surface area contributed by atoms with Crippen LogP contribution in [0.3, 0.4) is 0 Å². The number of carbonyl (C=O) groups excluding carboxylic acids is 1. The minimum absolute atomic E-state index is 0.507. The zero-order valence-corrected chi connectivity index (χ0v) is 9.57. The Morgan fingerprint density at radius 3 is 1.94 bits per heavy atom. The fourth-order valence-electron chi connectivity index (χ4n) is 1.19. The average Bonchev–Trinajstić information content (AvgIpc) is 2.22. The zero-order valence-electron chi connectivity index (χ0n) is 9.57. The first kappa shape index (κ1) is 15.8. The molecule has 0 aliphatic rings. The molecule has 18 heavy (non-hydrogen) atoms. The van der Waals surface area contributed by atoms with Crippen LogP contribution in [-0.2, 0) is 19.2 Å². The first-order chi connectivity index (χ1) is 8.16. The number of aliphatic carboxylic acids is 3. The van der Waals surface area contributed by atoms with Crippen LogP contribution in [0, 0.1) is 0 Å². The van der Waals surface area contributed by atoms with Gasteiger partial charge in [-0.2, -0.15) is 0 Å². The summed E-state index contributed by atoms with van der Waals surface area (Å²) in [5.41, 5.74) is 5.18. The van der Waals surface area contributed by atoms with Crippen LogP contribution in [0.25, 0.3) is 0 Å². The number of carbonyl (C=O) groups is 4. The van der Waals surface area contributed by atoms with E-state index in [4.69, 9.17) is 21.1 Å². The van der Waals surface area contributed by atoms with Gasteiger partial charge in [0.25, 0.3) is 0 Å². The number of carboxylic acid groups (broad SMARTS) is 3. The van der Waals surface area contributed by atoms with Crippen molar-refractivity contribution in [1.82, 2.24) is 4.90 Å². The Bertz CT molecular complexity index is 368. The molecule has 5 N–H and O–H groups in total. The van der Waals surface area contributed by atoms with Crippen molar-refractivity contribution in [2.75, 3.05) is 7.05 Å². The molecule has 0 rings (SSSR count). The van der Waals surface area contributed by atoms with Gasteiger partial charge in [0.15, 0.2) is 0 Å². The molecule has 2 unspecified atom stereocenters. The van der Waals surface area contributed by atoms with Crippen LogP contribution in [-0.4, -0.2) is 63.2 Å². The molecule has 0 saturated carbocycles. The second-order valence-corrected chi connectivity index (χ2v) is 3.61. The molecule has 0 radical (unpaired) electrons. The molecular formula is C9H14N2O7. The molecule has 0 aromatic heterocycles. The minimum atomic E-state index is -1.48. The average molecular weight is 262 g/mol. The van der Waals surface area contributed by atoms with Crippen LogP contribution in [0.4, 0.5) is 0 Å². The number of hydrogen-bond acceptors (Lipinski definition) is 5. The highest BCUT2D eigenvalue weighted by atomic mass is 16.4. The van der Waals surface area contributed by atoms with Crippen molar-refractivity contribution in [3.63, 3.8) is 0 Å². The number of rotatable bonds is 7. The van der Waals surface area contributed by atoms with E-state index in [-0.39, 0.29) is 0 Å². The molecule has 0 bridgehead atoms. The van der Waals surface area contributed by atoms with Crippen LogP contribution in [0.5, 0.6) is 0 Å². The second-order valence-electron chi connectivity index (χ2n) is 3.61. The van der Waals surface area contributed by atoms with Gasteiger partial charge >= 0.3 is 17.9 Å². The van der Waals surface area contributed by atoms with E-state index in [1.165, 1.54) is 0 Å². The summed E-state index contributed by atoms with van der Waals surface area (Å²) in [6.45, 7) is 0. The summed E-state index contributed by atoms with van der Waals surface area (Å²) < 4.78 is 0. The highest BCUT2D eigenvalue weighted by Crippen LogP contribution is 2.07. The normalized spacial score (nSPS) is 13.4. The summed E-state index contributed by atoms with van der Waals surface area (Å²) in [4.78, 5) is 43.7. The third-order valence-electron chi connectivity index (χ3n) is 2.24. The van der Waals surface area contributed by atoms with Crippen molar-refractivity contribution in [2.24, 2.45) is 5.73 Å². The third-order valence-corrected chi connectivity index (χ3v) is 2.24. The molecule has 102 valence electrons. The molecule has 0 fully saturated rings. The van der Waals surface area contributed by atoms with E-state index < -0.39 is 48.7 Å². The van der Waals surface area contributed by atoms with Gasteiger partial charge in [0.1, 0.15) is 18.5 Å². The van der Waals surface area contributed by atoms with Gasteiger partial charge in [0, 0.05) is 13.5 Å². The predicted octanol–water partition coefficient (Wildman–Crippen LogP) is -1.83. The van der Waals surface area contributed by atoms with Gasteiger partial charge in [0.05, 0.1) is 0 Å². The van der Waals surface area contributed by atoms with E-state index in [1.807, 2.05) is 0 Å². The standard InChI is InChI=1S/C9H14N2O7/c1-11(6(12)3-7(13)14)5(9(17)18)2-4(10)8(15)16/h4-5H,2-3,10H2,1H3,(H,13,14)(H,15,16)(H,17,18).